The van der Waals surface area contributed by atoms with Crippen LogP contribution in [0.25, 0.3) is 0 Å². The molecule has 0 spiro atoms. The molecule has 0 saturated heterocycles. The predicted octanol–water partition coefficient (Wildman–Crippen LogP) is 2.25. The van der Waals surface area contributed by atoms with E-state index >= 15 is 0 Å². The number of carbonyl (C=O) groups is 1. The highest BCUT2D eigenvalue weighted by Gasteiger charge is 2.12. The number of benzene rings is 1. The van der Waals surface area contributed by atoms with Gasteiger partial charge in [-0.1, -0.05) is 0 Å². The first-order valence-corrected chi connectivity index (χ1v) is 4.26. The summed E-state index contributed by atoms with van der Waals surface area (Å²) in [6, 6.07) is 4.96. The molecule has 0 saturated carbocycles. The van der Waals surface area contributed by atoms with Crippen LogP contribution in [0.5, 0.6) is 5.75 Å². The van der Waals surface area contributed by atoms with Gasteiger partial charge in [0.25, 0.3) is 5.24 Å². The summed E-state index contributed by atoms with van der Waals surface area (Å²) in [6.07, 6.45) is 0. The number of nitriles is 1. The highest BCUT2D eigenvalue weighted by Crippen LogP contribution is 2.23. The summed E-state index contributed by atoms with van der Waals surface area (Å²) in [4.78, 5) is 11.0. The molecule has 4 heteroatoms. The Kier molecular flexibility index (Phi) is 3.10. The molecular weight excluding hydrogens is 202 g/mol. The number of rotatable bonds is 2. The Morgan fingerprint density at radius 2 is 2.21 bits per heavy atom. The Bertz CT molecular complexity index is 421. The zero-order valence-corrected chi connectivity index (χ0v) is 8.55. The molecule has 0 heterocycles. The summed E-state index contributed by atoms with van der Waals surface area (Å²) < 4.78 is 5.02. The Labute approximate surface area is 86.9 Å². The van der Waals surface area contributed by atoms with Gasteiger partial charge in [-0.15, -0.1) is 0 Å². The molecule has 1 aromatic carbocycles. The fourth-order valence-electron chi connectivity index (χ4n) is 1.16. The predicted molar refractivity (Wildman–Crippen MR) is 52.6 cm³/mol. The Hall–Kier alpha value is -1.53. The van der Waals surface area contributed by atoms with Crippen molar-refractivity contribution in [2.24, 2.45) is 0 Å². The van der Waals surface area contributed by atoms with Crippen LogP contribution >= 0.6 is 11.6 Å². The maximum Gasteiger partial charge on any atom is 0.253 e. The number of methoxy groups -OCH3 is 1. The van der Waals surface area contributed by atoms with Gasteiger partial charge in [0.1, 0.15) is 5.75 Å². The first-order valence-electron chi connectivity index (χ1n) is 3.88. The van der Waals surface area contributed by atoms with Crippen molar-refractivity contribution in [3.63, 3.8) is 0 Å². The standard InChI is InChI=1S/C10H8ClNO2/c1-6-3-7(5-12)8(10(11)13)4-9(6)14-2/h3-4H,1-2H3. The highest BCUT2D eigenvalue weighted by atomic mass is 35.5. The number of halogens is 1. The van der Waals surface area contributed by atoms with Crippen LogP contribution in [0.3, 0.4) is 0 Å². The second-order valence-corrected chi connectivity index (χ2v) is 3.10. The zero-order valence-electron chi connectivity index (χ0n) is 7.80. The number of ether oxygens (including phenoxy) is 1. The normalized spacial score (nSPS) is 9.29. The summed E-state index contributed by atoms with van der Waals surface area (Å²) in [7, 11) is 1.50. The molecule has 3 nitrogen and oxygen atoms in total. The molecule has 0 aliphatic carbocycles. The minimum atomic E-state index is -0.653. The van der Waals surface area contributed by atoms with Gasteiger partial charge < -0.3 is 4.74 Å². The summed E-state index contributed by atoms with van der Waals surface area (Å²) in [5, 5.41) is 8.10. The topological polar surface area (TPSA) is 50.1 Å². The summed E-state index contributed by atoms with van der Waals surface area (Å²) >= 11 is 5.32. The van der Waals surface area contributed by atoms with Crippen LogP contribution < -0.4 is 4.74 Å². The highest BCUT2D eigenvalue weighted by molar-refractivity contribution is 6.68. The molecule has 0 fully saturated rings. The van der Waals surface area contributed by atoms with E-state index in [0.717, 1.165) is 5.56 Å². The van der Waals surface area contributed by atoms with Crippen LogP contribution in [0, 0.1) is 18.3 Å². The molecule has 0 radical (unpaired) electrons. The minimum absolute atomic E-state index is 0.177. The van der Waals surface area contributed by atoms with Crippen molar-refractivity contribution in [2.45, 2.75) is 6.92 Å². The van der Waals surface area contributed by atoms with E-state index in [2.05, 4.69) is 0 Å². The van der Waals surface area contributed by atoms with E-state index in [4.69, 9.17) is 21.6 Å². The van der Waals surface area contributed by atoms with Gasteiger partial charge in [0.15, 0.2) is 0 Å². The van der Waals surface area contributed by atoms with Crippen LogP contribution in [-0.4, -0.2) is 12.4 Å². The molecule has 0 aliphatic heterocycles. The third-order valence-electron chi connectivity index (χ3n) is 1.87. The fourth-order valence-corrected chi connectivity index (χ4v) is 1.32. The van der Waals surface area contributed by atoms with Crippen molar-refractivity contribution in [3.05, 3.63) is 28.8 Å². The molecule has 0 aliphatic rings. The third-order valence-corrected chi connectivity index (χ3v) is 2.07. The molecule has 1 aromatic rings. The lowest BCUT2D eigenvalue weighted by molar-refractivity contribution is 0.108. The SMILES string of the molecule is COc1cc(C(=O)Cl)c(C#N)cc1C. The fraction of sp³-hybridized carbons (Fsp3) is 0.200. The maximum atomic E-state index is 11.0. The van der Waals surface area contributed by atoms with Crippen LogP contribution in [0.15, 0.2) is 12.1 Å². The quantitative estimate of drug-likeness (QED) is 0.702. The van der Waals surface area contributed by atoms with Gasteiger partial charge in [0.05, 0.1) is 24.3 Å². The number of hydrogen-bond donors (Lipinski definition) is 0. The monoisotopic (exact) mass is 209 g/mol. The van der Waals surface area contributed by atoms with Crippen molar-refractivity contribution in [1.29, 1.82) is 5.26 Å². The van der Waals surface area contributed by atoms with E-state index in [-0.39, 0.29) is 11.1 Å². The van der Waals surface area contributed by atoms with Gasteiger partial charge in [-0.2, -0.15) is 5.26 Å². The maximum absolute atomic E-state index is 11.0. The second kappa shape index (κ2) is 4.12. The molecule has 14 heavy (non-hydrogen) atoms. The van der Waals surface area contributed by atoms with Crippen molar-refractivity contribution in [1.82, 2.24) is 0 Å². The molecule has 72 valence electrons. The van der Waals surface area contributed by atoms with Gasteiger partial charge >= 0.3 is 0 Å². The average molecular weight is 210 g/mol. The van der Waals surface area contributed by atoms with Crippen LogP contribution in [0.1, 0.15) is 21.5 Å². The van der Waals surface area contributed by atoms with Gasteiger partial charge in [-0.3, -0.25) is 4.79 Å². The smallest absolute Gasteiger partial charge is 0.253 e. The van der Waals surface area contributed by atoms with Crippen LogP contribution in [0.2, 0.25) is 0 Å². The Morgan fingerprint density at radius 3 is 2.64 bits per heavy atom. The first-order chi connectivity index (χ1) is 6.60. The van der Waals surface area contributed by atoms with E-state index in [1.54, 1.807) is 13.0 Å². The van der Waals surface area contributed by atoms with E-state index < -0.39 is 5.24 Å². The lowest BCUT2D eigenvalue weighted by Crippen LogP contribution is -1.97. The Morgan fingerprint density at radius 1 is 1.57 bits per heavy atom. The molecule has 0 N–H and O–H groups in total. The van der Waals surface area contributed by atoms with E-state index in [0.29, 0.717) is 5.75 Å². The number of nitrogens with zero attached hydrogens (tertiary/aromatic N) is 1. The van der Waals surface area contributed by atoms with Gasteiger partial charge in [0, 0.05) is 0 Å². The molecular formula is C10H8ClNO2. The molecule has 0 amide bonds. The largest absolute Gasteiger partial charge is 0.496 e. The van der Waals surface area contributed by atoms with Crippen molar-refractivity contribution < 1.29 is 9.53 Å². The van der Waals surface area contributed by atoms with Crippen LogP contribution in [-0.2, 0) is 0 Å². The van der Waals surface area contributed by atoms with Crippen molar-refractivity contribution >= 4 is 16.8 Å². The average Bonchev–Trinajstić information content (AvgIpc) is 2.16. The van der Waals surface area contributed by atoms with Crippen molar-refractivity contribution in [2.75, 3.05) is 7.11 Å². The lowest BCUT2D eigenvalue weighted by Gasteiger charge is -2.06. The number of aryl methyl sites for hydroxylation is 1. The molecule has 0 atom stereocenters. The lowest BCUT2D eigenvalue weighted by atomic mass is 10.1. The second-order valence-electron chi connectivity index (χ2n) is 2.75. The summed E-state index contributed by atoms with van der Waals surface area (Å²) in [5.41, 5.74) is 1.24. The first kappa shape index (κ1) is 10.6. The molecule has 0 aromatic heterocycles. The number of hydrogen-bond acceptors (Lipinski definition) is 3. The summed E-state index contributed by atoms with van der Waals surface area (Å²) in [6.45, 7) is 1.79. The van der Waals surface area contributed by atoms with E-state index in [1.807, 2.05) is 6.07 Å². The molecule has 0 bridgehead atoms. The zero-order chi connectivity index (χ0) is 10.7. The van der Waals surface area contributed by atoms with E-state index in [9.17, 15) is 4.79 Å². The van der Waals surface area contributed by atoms with E-state index in [1.165, 1.54) is 13.2 Å². The number of carbonyl (C=O) groups excluding carboxylic acids is 1. The van der Waals surface area contributed by atoms with Gasteiger partial charge in [-0.25, -0.2) is 0 Å². The Balaban J connectivity index is 3.42. The molecule has 1 rings (SSSR count). The van der Waals surface area contributed by atoms with Crippen molar-refractivity contribution in [3.8, 4) is 11.8 Å². The molecule has 0 unspecified atom stereocenters. The van der Waals surface area contributed by atoms with Gasteiger partial charge in [-0.05, 0) is 36.2 Å². The summed E-state index contributed by atoms with van der Waals surface area (Å²) in [5.74, 6) is 0.549. The third kappa shape index (κ3) is 1.86. The van der Waals surface area contributed by atoms with Crippen LogP contribution in [0.4, 0.5) is 0 Å². The minimum Gasteiger partial charge on any atom is -0.496 e. The van der Waals surface area contributed by atoms with Gasteiger partial charge in [0.2, 0.25) is 0 Å².